The van der Waals surface area contributed by atoms with Crippen molar-refractivity contribution in [2.45, 2.75) is 0 Å². The van der Waals surface area contributed by atoms with Gasteiger partial charge in [-0.15, -0.1) is 0 Å². The van der Waals surface area contributed by atoms with E-state index in [2.05, 4.69) is 5.32 Å². The summed E-state index contributed by atoms with van der Waals surface area (Å²) < 4.78 is 5.59. The molecule has 0 unspecified atom stereocenters. The molecule has 2 aromatic carbocycles. The van der Waals surface area contributed by atoms with Gasteiger partial charge >= 0.3 is 0 Å². The minimum absolute atomic E-state index is 0.229. The Morgan fingerprint density at radius 2 is 1.79 bits per heavy atom. The van der Waals surface area contributed by atoms with E-state index in [4.69, 9.17) is 16.3 Å². The molecule has 1 aliphatic heterocycles. The SMILES string of the molecule is O=C1Nc2ccccc2O/C1=C\c1ccccc1Cl. The molecule has 0 aromatic heterocycles. The van der Waals surface area contributed by atoms with Crippen molar-refractivity contribution >= 4 is 29.3 Å². The Morgan fingerprint density at radius 1 is 1.05 bits per heavy atom. The lowest BCUT2D eigenvalue weighted by Gasteiger charge is -2.19. The summed E-state index contributed by atoms with van der Waals surface area (Å²) in [5.41, 5.74) is 1.41. The first-order chi connectivity index (χ1) is 9.24. The molecule has 3 nitrogen and oxygen atoms in total. The zero-order valence-electron chi connectivity index (χ0n) is 9.89. The lowest BCUT2D eigenvalue weighted by atomic mass is 10.2. The third kappa shape index (κ3) is 2.33. The molecule has 4 heteroatoms. The Balaban J connectivity index is 1.99. The van der Waals surface area contributed by atoms with Crippen LogP contribution < -0.4 is 10.1 Å². The number of fused-ring (bicyclic) bond motifs is 1. The number of hydrogen-bond donors (Lipinski definition) is 1. The van der Waals surface area contributed by atoms with Gasteiger partial charge in [0, 0.05) is 5.02 Å². The predicted octanol–water partition coefficient (Wildman–Crippen LogP) is 3.71. The highest BCUT2D eigenvalue weighted by atomic mass is 35.5. The van der Waals surface area contributed by atoms with Crippen LogP contribution in [-0.2, 0) is 4.79 Å². The number of rotatable bonds is 1. The van der Waals surface area contributed by atoms with Crippen LogP contribution in [0.2, 0.25) is 5.02 Å². The highest BCUT2D eigenvalue weighted by Gasteiger charge is 2.21. The summed E-state index contributed by atoms with van der Waals surface area (Å²) in [6, 6.07) is 14.6. The zero-order chi connectivity index (χ0) is 13.2. The Bertz CT molecular complexity index is 679. The first-order valence-corrected chi connectivity index (χ1v) is 6.16. The van der Waals surface area contributed by atoms with Crippen molar-refractivity contribution in [3.63, 3.8) is 0 Å². The Morgan fingerprint density at radius 3 is 2.63 bits per heavy atom. The summed E-state index contributed by atoms with van der Waals surface area (Å²) in [6.07, 6.45) is 1.63. The highest BCUT2D eigenvalue weighted by molar-refractivity contribution is 6.32. The minimum atomic E-state index is -0.279. The van der Waals surface area contributed by atoms with E-state index in [9.17, 15) is 4.79 Å². The van der Waals surface area contributed by atoms with Crippen molar-refractivity contribution in [1.82, 2.24) is 0 Å². The van der Waals surface area contributed by atoms with Gasteiger partial charge in [0.25, 0.3) is 5.91 Å². The van der Waals surface area contributed by atoms with Gasteiger partial charge in [-0.1, -0.05) is 41.9 Å². The molecule has 0 spiro atoms. The third-order valence-electron chi connectivity index (χ3n) is 2.77. The van der Waals surface area contributed by atoms with Gasteiger partial charge in [-0.2, -0.15) is 0 Å². The number of hydrogen-bond acceptors (Lipinski definition) is 2. The van der Waals surface area contributed by atoms with Crippen LogP contribution in [-0.4, -0.2) is 5.91 Å². The normalized spacial score (nSPS) is 15.6. The highest BCUT2D eigenvalue weighted by Crippen LogP contribution is 2.31. The van der Waals surface area contributed by atoms with Gasteiger partial charge in [0.15, 0.2) is 11.5 Å². The molecule has 3 rings (SSSR count). The van der Waals surface area contributed by atoms with E-state index in [0.29, 0.717) is 16.5 Å². The number of halogens is 1. The second kappa shape index (κ2) is 4.78. The molecule has 1 aliphatic rings. The van der Waals surface area contributed by atoms with Gasteiger partial charge in [-0.25, -0.2) is 0 Å². The number of carbonyl (C=O) groups is 1. The van der Waals surface area contributed by atoms with Gasteiger partial charge in [0.05, 0.1) is 5.69 Å². The Kier molecular flexibility index (Phi) is 2.97. The van der Waals surface area contributed by atoms with E-state index in [1.54, 1.807) is 24.3 Å². The van der Waals surface area contributed by atoms with Crippen LogP contribution in [0, 0.1) is 0 Å². The van der Waals surface area contributed by atoms with Crippen molar-refractivity contribution in [2.75, 3.05) is 5.32 Å². The van der Waals surface area contributed by atoms with E-state index >= 15 is 0 Å². The third-order valence-corrected chi connectivity index (χ3v) is 3.11. The topological polar surface area (TPSA) is 38.3 Å². The second-order valence-corrected chi connectivity index (χ2v) is 4.49. The zero-order valence-corrected chi connectivity index (χ0v) is 10.6. The van der Waals surface area contributed by atoms with E-state index in [1.807, 2.05) is 30.3 Å². The Labute approximate surface area is 115 Å². The van der Waals surface area contributed by atoms with Crippen LogP contribution in [0.15, 0.2) is 54.3 Å². The maximum Gasteiger partial charge on any atom is 0.291 e. The number of benzene rings is 2. The van der Waals surface area contributed by atoms with Crippen LogP contribution in [0.1, 0.15) is 5.56 Å². The van der Waals surface area contributed by atoms with Gasteiger partial charge in [0.1, 0.15) is 0 Å². The summed E-state index contributed by atoms with van der Waals surface area (Å²) in [6.45, 7) is 0. The summed E-state index contributed by atoms with van der Waals surface area (Å²) in [5, 5.41) is 3.35. The van der Waals surface area contributed by atoms with Crippen LogP contribution in [0.25, 0.3) is 6.08 Å². The van der Waals surface area contributed by atoms with E-state index < -0.39 is 0 Å². The molecule has 1 heterocycles. The maximum atomic E-state index is 11.9. The van der Waals surface area contributed by atoms with Crippen LogP contribution in [0.5, 0.6) is 5.75 Å². The molecule has 2 aromatic rings. The molecule has 0 saturated heterocycles. The molecule has 94 valence electrons. The Hall–Kier alpha value is -2.26. The molecule has 0 aliphatic carbocycles. The molecule has 1 N–H and O–H groups in total. The number of carbonyl (C=O) groups excluding carboxylic acids is 1. The average Bonchev–Trinajstić information content (AvgIpc) is 2.42. The maximum absolute atomic E-state index is 11.9. The van der Waals surface area contributed by atoms with E-state index in [0.717, 1.165) is 5.56 Å². The lowest BCUT2D eigenvalue weighted by molar-refractivity contribution is -0.115. The first-order valence-electron chi connectivity index (χ1n) is 5.78. The average molecular weight is 272 g/mol. The van der Waals surface area contributed by atoms with Crippen molar-refractivity contribution in [2.24, 2.45) is 0 Å². The molecule has 0 fully saturated rings. The lowest BCUT2D eigenvalue weighted by Crippen LogP contribution is -2.23. The molecule has 0 bridgehead atoms. The predicted molar refractivity (Wildman–Crippen MR) is 75.1 cm³/mol. The van der Waals surface area contributed by atoms with Crippen molar-refractivity contribution < 1.29 is 9.53 Å². The molecule has 19 heavy (non-hydrogen) atoms. The van der Waals surface area contributed by atoms with Crippen LogP contribution in [0.3, 0.4) is 0 Å². The van der Waals surface area contributed by atoms with Gasteiger partial charge in [-0.3, -0.25) is 4.79 Å². The number of ether oxygens (including phenoxy) is 1. The number of nitrogens with one attached hydrogen (secondary N) is 1. The minimum Gasteiger partial charge on any atom is -0.449 e. The first kappa shape index (κ1) is 11.8. The van der Waals surface area contributed by atoms with E-state index in [-0.39, 0.29) is 11.7 Å². The molecular formula is C15H10ClNO2. The van der Waals surface area contributed by atoms with Crippen molar-refractivity contribution in [1.29, 1.82) is 0 Å². The van der Waals surface area contributed by atoms with Crippen molar-refractivity contribution in [3.8, 4) is 5.75 Å². The quantitative estimate of drug-likeness (QED) is 0.803. The monoisotopic (exact) mass is 271 g/mol. The summed E-state index contributed by atoms with van der Waals surface area (Å²) >= 11 is 6.06. The number of para-hydroxylation sites is 2. The smallest absolute Gasteiger partial charge is 0.291 e. The molecule has 1 amide bonds. The molecule has 0 saturated carbocycles. The number of amides is 1. The summed E-state index contributed by atoms with van der Waals surface area (Å²) in [5.74, 6) is 0.575. The van der Waals surface area contributed by atoms with Crippen molar-refractivity contribution in [3.05, 3.63) is 64.9 Å². The fourth-order valence-corrected chi connectivity index (χ4v) is 2.03. The van der Waals surface area contributed by atoms with E-state index in [1.165, 1.54) is 0 Å². The second-order valence-electron chi connectivity index (χ2n) is 4.08. The van der Waals surface area contributed by atoms with Gasteiger partial charge in [-0.05, 0) is 29.8 Å². The largest absolute Gasteiger partial charge is 0.449 e. The van der Waals surface area contributed by atoms with Gasteiger partial charge in [0.2, 0.25) is 0 Å². The molecular weight excluding hydrogens is 262 g/mol. The molecule has 0 atom stereocenters. The summed E-state index contributed by atoms with van der Waals surface area (Å²) in [7, 11) is 0. The standard InChI is InChI=1S/C15H10ClNO2/c16-11-6-2-1-5-10(11)9-14-15(18)17-12-7-3-4-8-13(12)19-14/h1-9H,(H,17,18)/b14-9-. The fourth-order valence-electron chi connectivity index (χ4n) is 1.84. The van der Waals surface area contributed by atoms with Gasteiger partial charge < -0.3 is 10.1 Å². The van der Waals surface area contributed by atoms with Crippen LogP contribution in [0.4, 0.5) is 5.69 Å². The van der Waals surface area contributed by atoms with Crippen LogP contribution >= 0.6 is 11.6 Å². The summed E-state index contributed by atoms with van der Waals surface area (Å²) in [4.78, 5) is 11.9. The fraction of sp³-hybridized carbons (Fsp3) is 0. The molecule has 0 radical (unpaired) electrons. The number of anilines is 1.